The van der Waals surface area contributed by atoms with Crippen LogP contribution in [0.25, 0.3) is 0 Å². The number of hydrogen-bond acceptors (Lipinski definition) is 6. The largest absolute Gasteiger partial charge is 0.475 e. The number of hydrogen-bond donors (Lipinski definition) is 1. The molecule has 1 aromatic carbocycles. The predicted octanol–water partition coefficient (Wildman–Crippen LogP) is 6.02. The van der Waals surface area contributed by atoms with E-state index in [0.717, 1.165) is 37.2 Å². The van der Waals surface area contributed by atoms with Crippen LogP contribution in [0.2, 0.25) is 0 Å². The molecule has 2 N–H and O–H groups in total. The number of rotatable bonds is 5. The van der Waals surface area contributed by atoms with Crippen LogP contribution >= 0.6 is 11.9 Å². The number of carbonyl (C=O) groups excluding carboxylic acids is 1. The van der Waals surface area contributed by atoms with E-state index in [1.165, 1.54) is 23.1 Å². The lowest BCUT2D eigenvalue weighted by Gasteiger charge is -2.33. The SMILES string of the molecule is CC(C)Oc1ccc(SN)cn1.Cc1ccc(CC2CCN(C(=O)OC(C)(C)C)CC2)cc1. The summed E-state index contributed by atoms with van der Waals surface area (Å²) in [6.45, 7) is 13.4. The molecule has 2 heterocycles. The van der Waals surface area contributed by atoms with Crippen LogP contribution in [0.4, 0.5) is 4.79 Å². The van der Waals surface area contributed by atoms with Crippen molar-refractivity contribution >= 4 is 18.0 Å². The molecular weight excluding hydrogens is 434 g/mol. The number of aromatic nitrogens is 1. The first-order valence-corrected chi connectivity index (χ1v) is 12.5. The van der Waals surface area contributed by atoms with Crippen molar-refractivity contribution in [1.82, 2.24) is 9.88 Å². The highest BCUT2D eigenvalue weighted by Crippen LogP contribution is 2.23. The normalized spacial score (nSPS) is 14.5. The van der Waals surface area contributed by atoms with Crippen LogP contribution in [0, 0.1) is 12.8 Å². The zero-order chi connectivity index (χ0) is 24.4. The fourth-order valence-corrected chi connectivity index (χ4v) is 3.71. The Kier molecular flexibility index (Phi) is 10.5. The molecule has 1 aliphatic heterocycles. The third-order valence-corrected chi connectivity index (χ3v) is 5.63. The highest BCUT2D eigenvalue weighted by atomic mass is 32.2. The summed E-state index contributed by atoms with van der Waals surface area (Å²) < 4.78 is 10.8. The molecule has 1 fully saturated rings. The molecule has 0 radical (unpaired) electrons. The number of benzene rings is 1. The Morgan fingerprint density at radius 2 is 1.79 bits per heavy atom. The van der Waals surface area contributed by atoms with Crippen molar-refractivity contribution in [2.75, 3.05) is 13.1 Å². The van der Waals surface area contributed by atoms with E-state index in [1.807, 2.05) is 51.7 Å². The number of likely N-dealkylation sites (tertiary alicyclic amines) is 1. The summed E-state index contributed by atoms with van der Waals surface area (Å²) in [6.07, 6.45) is 4.93. The van der Waals surface area contributed by atoms with E-state index in [4.69, 9.17) is 14.6 Å². The second kappa shape index (κ2) is 12.8. The van der Waals surface area contributed by atoms with Gasteiger partial charge in [0.25, 0.3) is 0 Å². The smallest absolute Gasteiger partial charge is 0.410 e. The van der Waals surface area contributed by atoms with Gasteiger partial charge in [-0.1, -0.05) is 29.8 Å². The summed E-state index contributed by atoms with van der Waals surface area (Å²) in [4.78, 5) is 18.9. The Morgan fingerprint density at radius 1 is 1.15 bits per heavy atom. The first-order chi connectivity index (χ1) is 15.6. The lowest BCUT2D eigenvalue weighted by Crippen LogP contribution is -2.42. The Hall–Kier alpha value is -2.25. The summed E-state index contributed by atoms with van der Waals surface area (Å²) >= 11 is 1.18. The average molecular weight is 474 g/mol. The molecule has 0 spiro atoms. The number of nitrogens with two attached hydrogens (primary N) is 1. The van der Waals surface area contributed by atoms with E-state index in [9.17, 15) is 4.79 Å². The van der Waals surface area contributed by atoms with Crippen LogP contribution in [0.3, 0.4) is 0 Å². The van der Waals surface area contributed by atoms with Gasteiger partial charge >= 0.3 is 6.09 Å². The first kappa shape index (κ1) is 27.0. The van der Waals surface area contributed by atoms with Crippen LogP contribution in [0.15, 0.2) is 47.5 Å². The topological polar surface area (TPSA) is 77.7 Å². The van der Waals surface area contributed by atoms with Gasteiger partial charge in [0, 0.05) is 30.2 Å². The third-order valence-electron chi connectivity index (χ3n) is 5.11. The van der Waals surface area contributed by atoms with Crippen LogP contribution in [-0.2, 0) is 11.2 Å². The highest BCUT2D eigenvalue weighted by molar-refractivity contribution is 7.97. The van der Waals surface area contributed by atoms with E-state index < -0.39 is 5.60 Å². The Bertz CT molecular complexity index is 841. The van der Waals surface area contributed by atoms with E-state index >= 15 is 0 Å². The molecule has 0 atom stereocenters. The number of amides is 1. The van der Waals surface area contributed by atoms with E-state index in [2.05, 4.69) is 36.2 Å². The molecule has 1 aliphatic rings. The molecule has 182 valence electrons. The molecule has 0 saturated carbocycles. The monoisotopic (exact) mass is 473 g/mol. The van der Waals surface area contributed by atoms with Gasteiger partial charge < -0.3 is 14.4 Å². The van der Waals surface area contributed by atoms with Gasteiger partial charge in [0.15, 0.2) is 0 Å². The molecule has 2 aromatic rings. The minimum absolute atomic E-state index is 0.161. The van der Waals surface area contributed by atoms with Gasteiger partial charge in [-0.25, -0.2) is 9.78 Å². The van der Waals surface area contributed by atoms with Gasteiger partial charge in [0.1, 0.15) is 5.60 Å². The minimum Gasteiger partial charge on any atom is -0.475 e. The number of carbonyl (C=O) groups is 1. The average Bonchev–Trinajstić information content (AvgIpc) is 2.75. The summed E-state index contributed by atoms with van der Waals surface area (Å²) in [7, 11) is 0. The van der Waals surface area contributed by atoms with Gasteiger partial charge in [-0.2, -0.15) is 0 Å². The van der Waals surface area contributed by atoms with Crippen molar-refractivity contribution < 1.29 is 14.3 Å². The van der Waals surface area contributed by atoms with E-state index in [-0.39, 0.29) is 12.2 Å². The first-order valence-electron chi connectivity index (χ1n) is 11.6. The maximum Gasteiger partial charge on any atom is 0.410 e. The van der Waals surface area contributed by atoms with Gasteiger partial charge in [-0.05, 0) is 90.3 Å². The fraction of sp³-hybridized carbons (Fsp3) is 0.538. The van der Waals surface area contributed by atoms with Crippen LogP contribution in [-0.4, -0.2) is 40.8 Å². The lowest BCUT2D eigenvalue weighted by molar-refractivity contribution is 0.0184. The molecule has 0 bridgehead atoms. The molecular formula is C26H39N3O3S. The van der Waals surface area contributed by atoms with Crippen molar-refractivity contribution in [3.05, 3.63) is 53.7 Å². The van der Waals surface area contributed by atoms with E-state index in [0.29, 0.717) is 11.8 Å². The number of piperidine rings is 1. The van der Waals surface area contributed by atoms with Crippen LogP contribution in [0.5, 0.6) is 5.88 Å². The van der Waals surface area contributed by atoms with Gasteiger partial charge in [0.05, 0.1) is 6.10 Å². The maximum absolute atomic E-state index is 12.0. The van der Waals surface area contributed by atoms with Gasteiger partial charge in [-0.3, -0.25) is 5.14 Å². The second-order valence-electron chi connectivity index (χ2n) is 9.72. The van der Waals surface area contributed by atoms with Crippen molar-refractivity contribution in [2.24, 2.45) is 11.1 Å². The lowest BCUT2D eigenvalue weighted by atomic mass is 9.90. The molecule has 0 aliphatic carbocycles. The Morgan fingerprint density at radius 3 is 2.27 bits per heavy atom. The van der Waals surface area contributed by atoms with Crippen molar-refractivity contribution in [2.45, 2.75) is 77.4 Å². The summed E-state index contributed by atoms with van der Waals surface area (Å²) in [5.74, 6) is 1.31. The molecule has 3 rings (SSSR count). The van der Waals surface area contributed by atoms with Gasteiger partial charge in [-0.15, -0.1) is 0 Å². The minimum atomic E-state index is -0.407. The standard InChI is InChI=1S/C18H27NO2.C8H12N2OS/c1-14-5-7-15(8-6-14)13-16-9-11-19(12-10-16)17(20)21-18(2,3)4;1-6(2)11-8-4-3-7(12-9)5-10-8/h5-8,16H,9-13H2,1-4H3;3-6H,9H2,1-2H3. The number of ether oxygens (including phenoxy) is 2. The molecule has 1 amide bonds. The molecule has 0 unspecified atom stereocenters. The van der Waals surface area contributed by atoms with Crippen molar-refractivity contribution in [3.63, 3.8) is 0 Å². The Balaban J connectivity index is 0.000000273. The zero-order valence-electron chi connectivity index (χ0n) is 20.8. The van der Waals surface area contributed by atoms with Crippen LogP contribution in [0.1, 0.15) is 58.6 Å². The molecule has 6 nitrogen and oxygen atoms in total. The molecule has 1 saturated heterocycles. The van der Waals surface area contributed by atoms with Crippen LogP contribution < -0.4 is 9.88 Å². The van der Waals surface area contributed by atoms with E-state index in [1.54, 1.807) is 6.20 Å². The van der Waals surface area contributed by atoms with Crippen molar-refractivity contribution in [3.8, 4) is 5.88 Å². The number of nitrogens with zero attached hydrogens (tertiary/aromatic N) is 2. The maximum atomic E-state index is 12.0. The second-order valence-corrected chi connectivity index (χ2v) is 10.4. The van der Waals surface area contributed by atoms with Gasteiger partial charge in [0.2, 0.25) is 5.88 Å². The predicted molar refractivity (Wildman–Crippen MR) is 135 cm³/mol. The zero-order valence-corrected chi connectivity index (χ0v) is 21.7. The summed E-state index contributed by atoms with van der Waals surface area (Å²) in [6, 6.07) is 12.5. The number of pyridine rings is 1. The molecule has 7 heteroatoms. The number of aryl methyl sites for hydroxylation is 1. The Labute approximate surface area is 203 Å². The molecule has 1 aromatic heterocycles. The fourth-order valence-electron chi connectivity index (χ4n) is 3.45. The summed E-state index contributed by atoms with van der Waals surface area (Å²) in [5, 5.41) is 5.34. The summed E-state index contributed by atoms with van der Waals surface area (Å²) in [5.41, 5.74) is 2.30. The third kappa shape index (κ3) is 10.5. The molecule has 33 heavy (non-hydrogen) atoms. The highest BCUT2D eigenvalue weighted by Gasteiger charge is 2.26. The van der Waals surface area contributed by atoms with Crippen molar-refractivity contribution in [1.29, 1.82) is 0 Å². The quantitative estimate of drug-likeness (QED) is 0.535.